The van der Waals surface area contributed by atoms with Crippen molar-refractivity contribution < 1.29 is 48.9 Å². The first-order chi connectivity index (χ1) is 18.2. The second-order valence-corrected chi connectivity index (χ2v) is 8.84. The van der Waals surface area contributed by atoms with Crippen LogP contribution in [-0.2, 0) is 19.0 Å². The fourth-order valence-electron chi connectivity index (χ4n) is 4.31. The number of esters is 1. The summed E-state index contributed by atoms with van der Waals surface area (Å²) in [5, 5.41) is 41.4. The highest BCUT2D eigenvalue weighted by Crippen LogP contribution is 2.34. The first-order valence-corrected chi connectivity index (χ1v) is 12.0. The minimum Gasteiger partial charge on any atom is -0.504 e. The number of carbonyl (C=O) groups is 1. The molecule has 1 saturated carbocycles. The van der Waals surface area contributed by atoms with Crippen LogP contribution in [0.3, 0.4) is 0 Å². The van der Waals surface area contributed by atoms with Gasteiger partial charge in [-0.25, -0.2) is 4.79 Å². The van der Waals surface area contributed by atoms with Gasteiger partial charge < -0.3 is 44.1 Å². The van der Waals surface area contributed by atoms with Crippen LogP contribution in [0, 0.1) is 0 Å². The van der Waals surface area contributed by atoms with Gasteiger partial charge in [-0.2, -0.15) is 0 Å². The molecule has 2 aromatic carbocycles. The summed E-state index contributed by atoms with van der Waals surface area (Å²) >= 11 is 0. The number of hydrogen-bond acceptors (Lipinski definition) is 10. The number of phenols is 2. The van der Waals surface area contributed by atoms with E-state index in [2.05, 4.69) is 0 Å². The van der Waals surface area contributed by atoms with Gasteiger partial charge in [0.1, 0.15) is 6.10 Å². The maximum absolute atomic E-state index is 12.2. The van der Waals surface area contributed by atoms with E-state index in [0.29, 0.717) is 17.1 Å². The molecule has 10 nitrogen and oxygen atoms in total. The average molecular weight is 531 g/mol. The lowest BCUT2D eigenvalue weighted by molar-refractivity contribution is -0.201. The number of aliphatic hydroxyl groups excluding tert-OH is 1. The molecule has 0 amide bonds. The minimum atomic E-state index is -1.92. The van der Waals surface area contributed by atoms with Crippen molar-refractivity contribution in [1.29, 1.82) is 0 Å². The standard InChI is InChI=1S/C28H34O10/c1-34-23-10-8-18(14-20(23)29)6-4-12-37-25-17-28(33,27(32)36-3)16-22(31)26(25)38-13-5-7-19-9-11-24(35-2)21(30)15-19/h4-11,14-15,22,25-26,29-31,33H,12-13,16-17H2,1-3H3/b6-4+,7-5+/t22-,25-,26+,28-/m1/s1. The Bertz CT molecular complexity index is 1140. The number of rotatable bonds is 11. The lowest BCUT2D eigenvalue weighted by Crippen LogP contribution is -2.58. The van der Waals surface area contributed by atoms with Crippen molar-refractivity contribution in [2.24, 2.45) is 0 Å². The Balaban J connectivity index is 1.66. The number of hydrogen-bond donors (Lipinski definition) is 4. The number of carbonyl (C=O) groups excluding carboxylic acids is 1. The van der Waals surface area contributed by atoms with Gasteiger partial charge in [-0.1, -0.05) is 36.4 Å². The Morgan fingerprint density at radius 2 is 1.42 bits per heavy atom. The summed E-state index contributed by atoms with van der Waals surface area (Å²) in [4.78, 5) is 12.2. The molecule has 38 heavy (non-hydrogen) atoms. The summed E-state index contributed by atoms with van der Waals surface area (Å²) in [6.45, 7) is 0.189. The van der Waals surface area contributed by atoms with Crippen LogP contribution < -0.4 is 9.47 Å². The van der Waals surface area contributed by atoms with Gasteiger partial charge in [-0.05, 0) is 35.4 Å². The predicted octanol–water partition coefficient (Wildman–Crippen LogP) is 2.67. The summed E-state index contributed by atoms with van der Waals surface area (Å²) in [6, 6.07) is 9.88. The van der Waals surface area contributed by atoms with E-state index in [9.17, 15) is 25.2 Å². The summed E-state index contributed by atoms with van der Waals surface area (Å²) < 4.78 is 26.6. The quantitative estimate of drug-likeness (QED) is 0.320. The van der Waals surface area contributed by atoms with E-state index in [1.807, 2.05) is 0 Å². The molecule has 1 aliphatic rings. The number of aliphatic hydroxyl groups is 2. The van der Waals surface area contributed by atoms with E-state index >= 15 is 0 Å². The molecule has 0 radical (unpaired) electrons. The van der Waals surface area contributed by atoms with Gasteiger partial charge in [0.25, 0.3) is 0 Å². The van der Waals surface area contributed by atoms with Gasteiger partial charge in [0, 0.05) is 12.8 Å². The molecular weight excluding hydrogens is 496 g/mol. The smallest absolute Gasteiger partial charge is 0.338 e. The molecule has 0 bridgehead atoms. The third-order valence-electron chi connectivity index (χ3n) is 6.21. The van der Waals surface area contributed by atoms with Crippen LogP contribution in [0.25, 0.3) is 12.2 Å². The molecule has 0 unspecified atom stereocenters. The highest BCUT2D eigenvalue weighted by atomic mass is 16.6. The van der Waals surface area contributed by atoms with Crippen LogP contribution in [0.1, 0.15) is 24.0 Å². The molecule has 3 rings (SSSR count). The maximum atomic E-state index is 12.2. The molecule has 1 aliphatic carbocycles. The number of phenolic OH excluding ortho intramolecular Hbond substituents is 2. The van der Waals surface area contributed by atoms with Crippen LogP contribution in [0.4, 0.5) is 0 Å². The second-order valence-electron chi connectivity index (χ2n) is 8.84. The van der Waals surface area contributed by atoms with Crippen LogP contribution in [-0.4, -0.2) is 84.9 Å². The summed E-state index contributed by atoms with van der Waals surface area (Å²) in [5.74, 6) is -0.131. The van der Waals surface area contributed by atoms with Crippen LogP contribution in [0.15, 0.2) is 48.6 Å². The summed E-state index contributed by atoms with van der Waals surface area (Å²) in [7, 11) is 4.10. The molecule has 206 valence electrons. The Morgan fingerprint density at radius 1 is 0.895 bits per heavy atom. The van der Waals surface area contributed by atoms with Gasteiger partial charge in [-0.3, -0.25) is 0 Å². The second kappa shape index (κ2) is 13.3. The molecule has 10 heteroatoms. The number of ether oxygens (including phenoxy) is 5. The molecule has 0 saturated heterocycles. The van der Waals surface area contributed by atoms with Crippen molar-refractivity contribution >= 4 is 18.1 Å². The molecule has 2 aromatic rings. The van der Waals surface area contributed by atoms with Crippen molar-refractivity contribution in [2.45, 2.75) is 36.8 Å². The molecule has 0 aliphatic heterocycles. The molecule has 0 heterocycles. The third kappa shape index (κ3) is 7.26. The molecule has 1 fully saturated rings. The SMILES string of the molecule is COC(=O)[C@@]1(O)C[C@@H](O)[C@H](OC/C=C/c2ccc(OC)c(O)c2)[C@H](OC/C=C/c2ccc(OC)c(O)c2)C1. The molecule has 0 spiro atoms. The molecular formula is C28H34O10. The Kier molecular flexibility index (Phi) is 10.1. The minimum absolute atomic E-state index is 0.000449. The third-order valence-corrected chi connectivity index (χ3v) is 6.21. The number of benzene rings is 2. The lowest BCUT2D eigenvalue weighted by atomic mass is 9.79. The number of aromatic hydroxyl groups is 2. The van der Waals surface area contributed by atoms with E-state index in [-0.39, 0.29) is 37.6 Å². The van der Waals surface area contributed by atoms with Crippen molar-refractivity contribution in [3.05, 3.63) is 59.7 Å². The largest absolute Gasteiger partial charge is 0.504 e. The molecule has 4 atom stereocenters. The van der Waals surface area contributed by atoms with E-state index in [0.717, 1.165) is 5.56 Å². The van der Waals surface area contributed by atoms with Gasteiger partial charge in [0.2, 0.25) is 0 Å². The van der Waals surface area contributed by atoms with Gasteiger partial charge in [0.05, 0.1) is 46.8 Å². The fourth-order valence-corrected chi connectivity index (χ4v) is 4.31. The summed E-state index contributed by atoms with van der Waals surface area (Å²) in [6.07, 6.45) is 3.64. The van der Waals surface area contributed by atoms with Crippen LogP contribution in [0.2, 0.25) is 0 Å². The first kappa shape index (κ1) is 29.0. The number of methoxy groups -OCH3 is 3. The predicted molar refractivity (Wildman–Crippen MR) is 139 cm³/mol. The average Bonchev–Trinajstić information content (AvgIpc) is 2.89. The van der Waals surface area contributed by atoms with Gasteiger partial charge in [0.15, 0.2) is 28.6 Å². The Hall–Kier alpha value is -3.57. The zero-order chi connectivity index (χ0) is 27.7. The van der Waals surface area contributed by atoms with Gasteiger partial charge >= 0.3 is 5.97 Å². The van der Waals surface area contributed by atoms with Crippen molar-refractivity contribution in [3.63, 3.8) is 0 Å². The maximum Gasteiger partial charge on any atom is 0.338 e. The van der Waals surface area contributed by atoms with Crippen molar-refractivity contribution in [3.8, 4) is 23.0 Å². The van der Waals surface area contributed by atoms with E-state index < -0.39 is 29.9 Å². The fraction of sp³-hybridized carbons (Fsp3) is 0.393. The first-order valence-electron chi connectivity index (χ1n) is 12.0. The normalized spacial score (nSPS) is 23.6. The van der Waals surface area contributed by atoms with E-state index in [4.69, 9.17) is 23.7 Å². The highest BCUT2D eigenvalue weighted by Gasteiger charge is 2.50. The Labute approximate surface area is 221 Å². The van der Waals surface area contributed by atoms with Crippen molar-refractivity contribution in [2.75, 3.05) is 34.5 Å². The zero-order valence-electron chi connectivity index (χ0n) is 21.6. The lowest BCUT2D eigenvalue weighted by Gasteiger charge is -2.42. The Morgan fingerprint density at radius 3 is 1.89 bits per heavy atom. The van der Waals surface area contributed by atoms with Crippen LogP contribution >= 0.6 is 0 Å². The monoisotopic (exact) mass is 530 g/mol. The van der Waals surface area contributed by atoms with Crippen molar-refractivity contribution in [1.82, 2.24) is 0 Å². The molecule has 4 N–H and O–H groups in total. The topological polar surface area (TPSA) is 144 Å². The zero-order valence-corrected chi connectivity index (χ0v) is 21.6. The van der Waals surface area contributed by atoms with Gasteiger partial charge in [-0.15, -0.1) is 0 Å². The van der Waals surface area contributed by atoms with E-state index in [1.54, 1.807) is 54.6 Å². The summed E-state index contributed by atoms with van der Waals surface area (Å²) in [5.41, 5.74) is -0.483. The van der Waals surface area contributed by atoms with E-state index in [1.165, 1.54) is 27.4 Å². The van der Waals surface area contributed by atoms with Crippen LogP contribution in [0.5, 0.6) is 23.0 Å². The highest BCUT2D eigenvalue weighted by molar-refractivity contribution is 5.79. The molecule has 0 aromatic heterocycles.